The predicted molar refractivity (Wildman–Crippen MR) is 86.0 cm³/mol. The molecule has 0 spiro atoms. The summed E-state index contributed by atoms with van der Waals surface area (Å²) in [7, 11) is 0. The zero-order chi connectivity index (χ0) is 13.4. The number of thioether (sulfide) groups is 1. The van der Waals surface area contributed by atoms with Crippen LogP contribution in [0.2, 0.25) is 0 Å². The van der Waals surface area contributed by atoms with E-state index in [-0.39, 0.29) is 0 Å². The lowest BCUT2D eigenvalue weighted by Crippen LogP contribution is -2.32. The second-order valence-corrected chi connectivity index (χ2v) is 7.59. The Morgan fingerprint density at radius 2 is 2.10 bits per heavy atom. The van der Waals surface area contributed by atoms with E-state index in [1.54, 1.807) is 5.56 Å². The standard InChI is InChI=1S/C17H24N2S/c1-2-4-16-14(3-1)11-20-12-17(16)18-9-13-7-8-19(10-13)15-5-6-15/h1-4,13,15,17-18H,5-12H2. The van der Waals surface area contributed by atoms with Crippen LogP contribution >= 0.6 is 11.8 Å². The highest BCUT2D eigenvalue weighted by Crippen LogP contribution is 2.33. The van der Waals surface area contributed by atoms with E-state index in [4.69, 9.17) is 0 Å². The minimum atomic E-state index is 0.569. The fourth-order valence-electron chi connectivity index (χ4n) is 3.66. The van der Waals surface area contributed by atoms with Gasteiger partial charge in [-0.2, -0.15) is 11.8 Å². The summed E-state index contributed by atoms with van der Waals surface area (Å²) in [6.45, 7) is 3.87. The number of benzene rings is 1. The van der Waals surface area contributed by atoms with Crippen molar-refractivity contribution in [3.63, 3.8) is 0 Å². The fraction of sp³-hybridized carbons (Fsp3) is 0.647. The van der Waals surface area contributed by atoms with Crippen molar-refractivity contribution in [2.45, 2.75) is 37.1 Å². The summed E-state index contributed by atoms with van der Waals surface area (Å²) in [6.07, 6.45) is 4.30. The lowest BCUT2D eigenvalue weighted by atomic mass is 10.0. The lowest BCUT2D eigenvalue weighted by Gasteiger charge is -2.27. The molecule has 1 saturated carbocycles. The third-order valence-corrected chi connectivity index (χ3v) is 6.09. The van der Waals surface area contributed by atoms with Crippen LogP contribution < -0.4 is 5.32 Å². The van der Waals surface area contributed by atoms with Gasteiger partial charge in [-0.15, -0.1) is 0 Å². The third-order valence-electron chi connectivity index (χ3n) is 5.01. The first kappa shape index (κ1) is 13.2. The topological polar surface area (TPSA) is 15.3 Å². The van der Waals surface area contributed by atoms with Crippen LogP contribution in [0.15, 0.2) is 24.3 Å². The molecule has 2 atom stereocenters. The number of likely N-dealkylation sites (tertiary alicyclic amines) is 1. The highest BCUT2D eigenvalue weighted by atomic mass is 32.2. The first-order valence-corrected chi connectivity index (χ1v) is 9.18. The average molecular weight is 288 g/mol. The van der Waals surface area contributed by atoms with Crippen molar-refractivity contribution in [3.8, 4) is 0 Å². The van der Waals surface area contributed by atoms with Crippen LogP contribution in [0.1, 0.15) is 36.4 Å². The molecule has 2 unspecified atom stereocenters. The van der Waals surface area contributed by atoms with E-state index < -0.39 is 0 Å². The molecule has 2 heterocycles. The Hall–Kier alpha value is -0.510. The van der Waals surface area contributed by atoms with Gasteiger partial charge in [0.2, 0.25) is 0 Å². The van der Waals surface area contributed by atoms with Crippen LogP contribution in [0.3, 0.4) is 0 Å². The van der Waals surface area contributed by atoms with Crippen LogP contribution in [-0.2, 0) is 5.75 Å². The van der Waals surface area contributed by atoms with Gasteiger partial charge in [0.25, 0.3) is 0 Å². The van der Waals surface area contributed by atoms with Gasteiger partial charge < -0.3 is 10.2 Å². The SMILES string of the molecule is c1ccc2c(c1)CSCC2NCC1CCN(C2CC2)C1. The molecular weight excluding hydrogens is 264 g/mol. The molecule has 1 N–H and O–H groups in total. The maximum Gasteiger partial charge on any atom is 0.0415 e. The maximum absolute atomic E-state index is 3.85. The molecule has 2 aliphatic heterocycles. The van der Waals surface area contributed by atoms with Crippen molar-refractivity contribution in [2.75, 3.05) is 25.4 Å². The second-order valence-electron chi connectivity index (χ2n) is 6.56. The van der Waals surface area contributed by atoms with E-state index in [1.807, 2.05) is 0 Å². The van der Waals surface area contributed by atoms with E-state index in [0.29, 0.717) is 6.04 Å². The van der Waals surface area contributed by atoms with Crippen molar-refractivity contribution in [2.24, 2.45) is 5.92 Å². The monoisotopic (exact) mass is 288 g/mol. The van der Waals surface area contributed by atoms with Gasteiger partial charge in [0.05, 0.1) is 0 Å². The fourth-order valence-corrected chi connectivity index (χ4v) is 4.79. The van der Waals surface area contributed by atoms with Crippen molar-refractivity contribution in [3.05, 3.63) is 35.4 Å². The van der Waals surface area contributed by atoms with Crippen LogP contribution in [-0.4, -0.2) is 36.3 Å². The van der Waals surface area contributed by atoms with Gasteiger partial charge in [0.15, 0.2) is 0 Å². The maximum atomic E-state index is 3.85. The van der Waals surface area contributed by atoms with Crippen LogP contribution in [0.5, 0.6) is 0 Å². The average Bonchev–Trinajstić information content (AvgIpc) is 3.24. The largest absolute Gasteiger partial charge is 0.309 e. The van der Waals surface area contributed by atoms with E-state index >= 15 is 0 Å². The molecule has 0 bridgehead atoms. The molecule has 1 aromatic rings. The summed E-state index contributed by atoms with van der Waals surface area (Å²) in [5.74, 6) is 3.29. The molecule has 3 heteroatoms. The van der Waals surface area contributed by atoms with Crippen molar-refractivity contribution >= 4 is 11.8 Å². The smallest absolute Gasteiger partial charge is 0.0415 e. The molecule has 4 rings (SSSR count). The van der Waals surface area contributed by atoms with Crippen molar-refractivity contribution in [1.29, 1.82) is 0 Å². The minimum absolute atomic E-state index is 0.569. The van der Waals surface area contributed by atoms with E-state index in [9.17, 15) is 0 Å². The first-order chi connectivity index (χ1) is 9.90. The second kappa shape index (κ2) is 5.70. The molecule has 108 valence electrons. The summed E-state index contributed by atoms with van der Waals surface area (Å²) in [5.41, 5.74) is 3.08. The van der Waals surface area contributed by atoms with Gasteiger partial charge in [-0.05, 0) is 49.4 Å². The Morgan fingerprint density at radius 1 is 1.20 bits per heavy atom. The quantitative estimate of drug-likeness (QED) is 0.917. The Labute approximate surface area is 126 Å². The number of rotatable bonds is 4. The van der Waals surface area contributed by atoms with Crippen molar-refractivity contribution < 1.29 is 0 Å². The van der Waals surface area contributed by atoms with Crippen molar-refractivity contribution in [1.82, 2.24) is 10.2 Å². The number of nitrogens with zero attached hydrogens (tertiary/aromatic N) is 1. The highest BCUT2D eigenvalue weighted by Gasteiger charge is 2.34. The van der Waals surface area contributed by atoms with Crippen LogP contribution in [0, 0.1) is 5.92 Å². The van der Waals surface area contributed by atoms with E-state index in [1.165, 1.54) is 56.0 Å². The number of nitrogens with one attached hydrogen (secondary N) is 1. The number of hydrogen-bond acceptors (Lipinski definition) is 3. The Morgan fingerprint density at radius 3 is 3.00 bits per heavy atom. The Kier molecular flexibility index (Phi) is 3.76. The predicted octanol–water partition coefficient (Wildman–Crippen LogP) is 3.05. The molecule has 1 aromatic carbocycles. The highest BCUT2D eigenvalue weighted by molar-refractivity contribution is 7.98. The molecule has 0 aromatic heterocycles. The summed E-state index contributed by atoms with van der Waals surface area (Å²) in [6, 6.07) is 10.5. The Bertz CT molecular complexity index is 472. The normalized spacial score (nSPS) is 30.4. The zero-order valence-electron chi connectivity index (χ0n) is 12.1. The molecule has 2 nitrogen and oxygen atoms in total. The molecule has 1 aliphatic carbocycles. The van der Waals surface area contributed by atoms with E-state index in [0.717, 1.165) is 12.0 Å². The number of hydrogen-bond donors (Lipinski definition) is 1. The molecular formula is C17H24N2S. The molecule has 0 amide bonds. The van der Waals surface area contributed by atoms with Gasteiger partial charge in [-0.25, -0.2) is 0 Å². The molecule has 20 heavy (non-hydrogen) atoms. The summed E-state index contributed by atoms with van der Waals surface area (Å²) < 4.78 is 0. The van der Waals surface area contributed by atoms with Gasteiger partial charge in [-0.1, -0.05) is 24.3 Å². The molecule has 2 fully saturated rings. The van der Waals surface area contributed by atoms with E-state index in [2.05, 4.69) is 46.2 Å². The molecule has 0 radical (unpaired) electrons. The minimum Gasteiger partial charge on any atom is -0.309 e. The van der Waals surface area contributed by atoms with Gasteiger partial charge in [0, 0.05) is 30.1 Å². The molecule has 1 saturated heterocycles. The first-order valence-electron chi connectivity index (χ1n) is 8.03. The van der Waals surface area contributed by atoms with Gasteiger partial charge >= 0.3 is 0 Å². The lowest BCUT2D eigenvalue weighted by molar-refractivity contribution is 0.310. The summed E-state index contributed by atoms with van der Waals surface area (Å²) in [4.78, 5) is 2.72. The van der Waals surface area contributed by atoms with Gasteiger partial charge in [0.1, 0.15) is 0 Å². The summed E-state index contributed by atoms with van der Waals surface area (Å²) >= 11 is 2.07. The van der Waals surface area contributed by atoms with Crippen LogP contribution in [0.25, 0.3) is 0 Å². The summed E-state index contributed by atoms with van der Waals surface area (Å²) in [5, 5.41) is 3.85. The Balaban J connectivity index is 1.34. The van der Waals surface area contributed by atoms with Crippen LogP contribution in [0.4, 0.5) is 0 Å². The molecule has 3 aliphatic rings. The van der Waals surface area contributed by atoms with Gasteiger partial charge in [-0.3, -0.25) is 0 Å². The number of fused-ring (bicyclic) bond motifs is 1. The third kappa shape index (κ3) is 2.76. The zero-order valence-corrected chi connectivity index (χ0v) is 12.9.